The molecular formula is CH3N2S3+. The van der Waals surface area contributed by atoms with Gasteiger partial charge in [0.05, 0.1) is 0 Å². The molecule has 0 aliphatic carbocycles. The first-order valence-electron chi connectivity index (χ1n) is 1.25. The Labute approximate surface area is 46.4 Å². The summed E-state index contributed by atoms with van der Waals surface area (Å²) in [7, 11) is 2.95. The molecule has 0 spiro atoms. The quantitative estimate of drug-likeness (QED) is 0.305. The molecule has 1 aliphatic rings. The van der Waals surface area contributed by atoms with Gasteiger partial charge in [0.25, 0.3) is 11.0 Å². The summed E-state index contributed by atoms with van der Waals surface area (Å²) in [5.74, 6) is 0. The number of hydrogen-bond donors (Lipinski definition) is 1. The van der Waals surface area contributed by atoms with Gasteiger partial charge >= 0.3 is 0 Å². The number of hydrogen-bond acceptors (Lipinski definition) is 4. The van der Waals surface area contributed by atoms with Crippen LogP contribution in [0.1, 0.15) is 0 Å². The highest BCUT2D eigenvalue weighted by Crippen LogP contribution is 2.28. The van der Waals surface area contributed by atoms with Crippen LogP contribution >= 0.6 is 21.8 Å². The summed E-state index contributed by atoms with van der Waals surface area (Å²) in [4.78, 5) is 0. The molecule has 0 aromatic heterocycles. The molecule has 34 valence electrons. The van der Waals surface area contributed by atoms with E-state index in [9.17, 15) is 0 Å². The molecule has 0 saturated carbocycles. The van der Waals surface area contributed by atoms with Crippen molar-refractivity contribution in [1.82, 2.24) is 0 Å². The van der Waals surface area contributed by atoms with Crippen molar-refractivity contribution >= 4 is 36.5 Å². The number of nitrogens with zero attached hydrogens (tertiary/aromatic N) is 1. The molecule has 0 bridgehead atoms. The molecule has 2 nitrogen and oxygen atoms in total. The lowest BCUT2D eigenvalue weighted by atomic mass is 11.7. The van der Waals surface area contributed by atoms with E-state index < -0.39 is 0 Å². The van der Waals surface area contributed by atoms with E-state index in [-0.39, 0.29) is 9.15 Å². The molecule has 0 aromatic rings. The standard InChI is InChI=1S/CH3N2S3/c2-6-4-1-3-5-6/h1H,2H2/q+1. The molecule has 0 amide bonds. The van der Waals surface area contributed by atoms with E-state index in [1.165, 1.54) is 11.0 Å². The maximum Gasteiger partial charge on any atom is 0.275 e. The molecule has 2 N–H and O–H groups in total. The van der Waals surface area contributed by atoms with Gasteiger partial charge in [0, 0.05) is 0 Å². The minimum atomic E-state index is -0.0617. The van der Waals surface area contributed by atoms with Gasteiger partial charge in [-0.2, -0.15) is 4.40 Å². The van der Waals surface area contributed by atoms with Crippen molar-refractivity contribution in [3.8, 4) is 0 Å². The fraction of sp³-hybridized carbons (Fsp3) is 0. The lowest BCUT2D eigenvalue weighted by molar-refractivity contribution is 2.04. The van der Waals surface area contributed by atoms with Gasteiger partial charge in [-0.1, -0.05) is 0 Å². The highest BCUT2D eigenvalue weighted by Gasteiger charge is 2.20. The van der Waals surface area contributed by atoms with Gasteiger partial charge in [-0.3, -0.25) is 0 Å². The van der Waals surface area contributed by atoms with Crippen molar-refractivity contribution in [2.45, 2.75) is 0 Å². The first kappa shape index (κ1) is 4.83. The average molecular weight is 139 g/mol. The van der Waals surface area contributed by atoms with E-state index in [0.717, 1.165) is 0 Å². The zero-order valence-electron chi connectivity index (χ0n) is 2.83. The summed E-state index contributed by atoms with van der Waals surface area (Å²) < 4.78 is 3.81. The molecule has 1 heterocycles. The Morgan fingerprint density at radius 2 is 2.67 bits per heavy atom. The summed E-state index contributed by atoms with van der Waals surface area (Å²) in [6, 6.07) is 0. The highest BCUT2D eigenvalue weighted by atomic mass is 33.5. The monoisotopic (exact) mass is 139 g/mol. The van der Waals surface area contributed by atoms with E-state index in [4.69, 9.17) is 5.14 Å². The predicted molar refractivity (Wildman–Crippen MR) is 35.2 cm³/mol. The van der Waals surface area contributed by atoms with Crippen molar-refractivity contribution in [2.75, 3.05) is 0 Å². The van der Waals surface area contributed by atoms with Crippen LogP contribution in [0.15, 0.2) is 4.40 Å². The largest absolute Gasteiger partial charge is 0.275 e. The Morgan fingerprint density at radius 1 is 1.83 bits per heavy atom. The topological polar surface area (TPSA) is 38.4 Å². The molecule has 1 aliphatic heterocycles. The minimum Gasteiger partial charge on any atom is -0.160 e. The Hall–Kier alpha value is 0.680. The van der Waals surface area contributed by atoms with Gasteiger partial charge in [-0.25, -0.2) is 0 Å². The van der Waals surface area contributed by atoms with Crippen LogP contribution < -0.4 is 5.14 Å². The molecule has 6 heavy (non-hydrogen) atoms. The van der Waals surface area contributed by atoms with Crippen molar-refractivity contribution in [2.24, 2.45) is 9.54 Å². The summed E-state index contributed by atoms with van der Waals surface area (Å²) >= 11 is 0. The lowest BCUT2D eigenvalue weighted by Crippen LogP contribution is -1.96. The molecule has 5 heteroatoms. The summed E-state index contributed by atoms with van der Waals surface area (Å²) in [5.41, 5.74) is 1.77. The molecule has 0 aromatic carbocycles. The fourth-order valence-corrected chi connectivity index (χ4v) is 2.82. The van der Waals surface area contributed by atoms with Crippen molar-refractivity contribution in [3.05, 3.63) is 0 Å². The van der Waals surface area contributed by atoms with Crippen LogP contribution in [0.4, 0.5) is 0 Å². The van der Waals surface area contributed by atoms with Crippen LogP contribution in [-0.4, -0.2) is 5.55 Å². The number of rotatable bonds is 0. The SMILES string of the molecule is N[S+]1SC=NS1. The van der Waals surface area contributed by atoms with Crippen molar-refractivity contribution < 1.29 is 0 Å². The molecule has 1 rings (SSSR count). The van der Waals surface area contributed by atoms with Crippen LogP contribution in [-0.2, 0) is 9.15 Å². The van der Waals surface area contributed by atoms with E-state index >= 15 is 0 Å². The van der Waals surface area contributed by atoms with Gasteiger partial charge in [0.1, 0.15) is 5.55 Å². The van der Waals surface area contributed by atoms with E-state index in [0.29, 0.717) is 0 Å². The molecular weight excluding hydrogens is 136 g/mol. The molecule has 1 atom stereocenters. The average Bonchev–Trinajstić information content (AvgIpc) is 1.86. The Kier molecular flexibility index (Phi) is 1.70. The van der Waals surface area contributed by atoms with Gasteiger partial charge in [0.15, 0.2) is 10.8 Å². The first-order chi connectivity index (χ1) is 2.89. The first-order valence-corrected chi connectivity index (χ1v) is 5.22. The third kappa shape index (κ3) is 1.07. The summed E-state index contributed by atoms with van der Waals surface area (Å²) in [6.07, 6.45) is 0. The number of nitrogens with two attached hydrogens (primary N) is 1. The minimum absolute atomic E-state index is 0.0617. The highest BCUT2D eigenvalue weighted by molar-refractivity contribution is 9.09. The maximum atomic E-state index is 5.36. The van der Waals surface area contributed by atoms with Crippen LogP contribution in [0.3, 0.4) is 0 Å². The van der Waals surface area contributed by atoms with E-state index in [2.05, 4.69) is 4.40 Å². The predicted octanol–water partition coefficient (Wildman–Crippen LogP) is 0.732. The molecule has 1 unspecified atom stereocenters. The third-order valence-electron chi connectivity index (χ3n) is 0.297. The van der Waals surface area contributed by atoms with Crippen LogP contribution in [0.25, 0.3) is 0 Å². The maximum absolute atomic E-state index is 5.36. The molecule has 0 saturated heterocycles. The second-order valence-corrected chi connectivity index (χ2v) is 5.74. The second kappa shape index (κ2) is 2.11. The van der Waals surface area contributed by atoms with Gasteiger partial charge in [-0.05, 0) is 0 Å². The Bertz CT molecular complexity index is 63.2. The second-order valence-electron chi connectivity index (χ2n) is 0.642. The van der Waals surface area contributed by atoms with Gasteiger partial charge < -0.3 is 0 Å². The van der Waals surface area contributed by atoms with Crippen LogP contribution in [0, 0.1) is 0 Å². The Morgan fingerprint density at radius 3 is 2.83 bits per heavy atom. The third-order valence-corrected chi connectivity index (χ3v) is 3.93. The van der Waals surface area contributed by atoms with E-state index in [1.807, 2.05) is 0 Å². The smallest absolute Gasteiger partial charge is 0.160 e. The van der Waals surface area contributed by atoms with Crippen molar-refractivity contribution in [1.29, 1.82) is 0 Å². The Balaban J connectivity index is 2.32. The molecule has 0 fully saturated rings. The van der Waals surface area contributed by atoms with Crippen LogP contribution in [0.5, 0.6) is 0 Å². The van der Waals surface area contributed by atoms with Gasteiger partial charge in [0.2, 0.25) is 9.15 Å². The zero-order valence-corrected chi connectivity index (χ0v) is 5.28. The summed E-state index contributed by atoms with van der Waals surface area (Å²) in [6.45, 7) is 0. The fourth-order valence-electron chi connectivity index (χ4n) is 0.138. The van der Waals surface area contributed by atoms with Crippen molar-refractivity contribution in [3.63, 3.8) is 0 Å². The van der Waals surface area contributed by atoms with Gasteiger partial charge in [-0.15, -0.1) is 5.14 Å². The lowest BCUT2D eigenvalue weighted by Gasteiger charge is -1.71. The molecule has 0 radical (unpaired) electrons. The van der Waals surface area contributed by atoms with E-state index in [1.54, 1.807) is 16.3 Å². The summed E-state index contributed by atoms with van der Waals surface area (Å²) in [5, 5.41) is 5.36. The zero-order chi connectivity index (χ0) is 4.41. The van der Waals surface area contributed by atoms with Crippen LogP contribution in [0.2, 0.25) is 0 Å². The normalized spacial score (nSPS) is 31.8.